The highest BCUT2D eigenvalue weighted by Crippen LogP contribution is 1.96. The molecule has 0 bridgehead atoms. The van der Waals surface area contributed by atoms with Crippen LogP contribution in [0.25, 0.3) is 0 Å². The molecule has 0 unspecified atom stereocenters. The fourth-order valence-corrected chi connectivity index (χ4v) is 0.954. The Bertz CT molecular complexity index is 116. The molecule has 0 atom stereocenters. The summed E-state index contributed by atoms with van der Waals surface area (Å²) in [6.45, 7) is 10.8. The van der Waals surface area contributed by atoms with Crippen LogP contribution in [0.3, 0.4) is 0 Å². The molecule has 0 saturated heterocycles. The lowest BCUT2D eigenvalue weighted by molar-refractivity contribution is 0.388. The van der Waals surface area contributed by atoms with Crippen molar-refractivity contribution in [2.24, 2.45) is 0 Å². The van der Waals surface area contributed by atoms with Crippen LogP contribution >= 0.6 is 0 Å². The molecule has 3 nitrogen and oxygen atoms in total. The smallest absolute Gasteiger partial charge is 0.0101 e. The van der Waals surface area contributed by atoms with Crippen LogP contribution in [0.15, 0.2) is 0 Å². The monoisotopic (exact) mass is 187 g/mol. The van der Waals surface area contributed by atoms with Gasteiger partial charge < -0.3 is 15.5 Å². The zero-order valence-corrected chi connectivity index (χ0v) is 9.78. The van der Waals surface area contributed by atoms with Crippen molar-refractivity contribution in [3.05, 3.63) is 0 Å². The van der Waals surface area contributed by atoms with Crippen LogP contribution < -0.4 is 10.6 Å². The summed E-state index contributed by atoms with van der Waals surface area (Å²) >= 11 is 0. The minimum atomic E-state index is 0.239. The predicted octanol–water partition coefficient (Wildman–Crippen LogP) is 0.526. The lowest BCUT2D eigenvalue weighted by atomic mass is 10.1. The average molecular weight is 187 g/mol. The number of nitrogens with zero attached hydrogens (tertiary/aromatic N) is 1. The van der Waals surface area contributed by atoms with Crippen molar-refractivity contribution in [3.63, 3.8) is 0 Å². The van der Waals surface area contributed by atoms with Crippen LogP contribution in [0.5, 0.6) is 0 Å². The summed E-state index contributed by atoms with van der Waals surface area (Å²) in [4.78, 5) is 2.18. The first kappa shape index (κ1) is 12.9. The van der Waals surface area contributed by atoms with E-state index in [1.54, 1.807) is 0 Å². The van der Waals surface area contributed by atoms with E-state index in [1.165, 1.54) is 0 Å². The van der Waals surface area contributed by atoms with E-state index in [4.69, 9.17) is 0 Å². The Morgan fingerprint density at radius 2 is 1.62 bits per heavy atom. The van der Waals surface area contributed by atoms with Crippen LogP contribution in [-0.4, -0.2) is 50.7 Å². The van der Waals surface area contributed by atoms with Gasteiger partial charge in [-0.05, 0) is 34.9 Å². The maximum atomic E-state index is 3.43. The quantitative estimate of drug-likeness (QED) is 0.594. The molecule has 0 radical (unpaired) electrons. The molecule has 0 aromatic carbocycles. The molecule has 80 valence electrons. The maximum absolute atomic E-state index is 3.43. The number of likely N-dealkylation sites (N-methyl/N-ethyl adjacent to an activating group) is 1. The van der Waals surface area contributed by atoms with E-state index in [-0.39, 0.29) is 5.54 Å². The largest absolute Gasteiger partial charge is 0.314 e. The van der Waals surface area contributed by atoms with Crippen LogP contribution in [0.4, 0.5) is 0 Å². The van der Waals surface area contributed by atoms with Gasteiger partial charge in [0.15, 0.2) is 0 Å². The van der Waals surface area contributed by atoms with Gasteiger partial charge in [-0.3, -0.25) is 0 Å². The standard InChI is InChI=1S/C10H25N3/c1-10(2,3)12-7-6-11-8-9-13(4)5/h11-12H,6-9H2,1-5H3. The fraction of sp³-hybridized carbons (Fsp3) is 1.00. The molecular weight excluding hydrogens is 162 g/mol. The highest BCUT2D eigenvalue weighted by atomic mass is 15.1. The third-order valence-corrected chi connectivity index (χ3v) is 1.69. The van der Waals surface area contributed by atoms with Gasteiger partial charge in [-0.1, -0.05) is 0 Å². The number of nitrogens with one attached hydrogen (secondary N) is 2. The second-order valence-electron chi connectivity index (χ2n) is 4.73. The average Bonchev–Trinajstić information content (AvgIpc) is 1.93. The Morgan fingerprint density at radius 1 is 1.00 bits per heavy atom. The van der Waals surface area contributed by atoms with Gasteiger partial charge in [-0.2, -0.15) is 0 Å². The van der Waals surface area contributed by atoms with Gasteiger partial charge in [0.25, 0.3) is 0 Å². The molecule has 13 heavy (non-hydrogen) atoms. The first-order valence-electron chi connectivity index (χ1n) is 5.02. The molecule has 0 rings (SSSR count). The first-order chi connectivity index (χ1) is 5.92. The van der Waals surface area contributed by atoms with Crippen molar-refractivity contribution in [1.29, 1.82) is 0 Å². The van der Waals surface area contributed by atoms with Gasteiger partial charge in [0.2, 0.25) is 0 Å². The van der Waals surface area contributed by atoms with E-state index in [0.717, 1.165) is 26.2 Å². The molecule has 0 heterocycles. The Morgan fingerprint density at radius 3 is 2.08 bits per heavy atom. The molecular formula is C10H25N3. The second-order valence-corrected chi connectivity index (χ2v) is 4.73. The molecule has 0 aromatic rings. The van der Waals surface area contributed by atoms with Crippen LogP contribution in [0.2, 0.25) is 0 Å². The molecule has 0 fully saturated rings. The highest BCUT2D eigenvalue weighted by molar-refractivity contribution is 4.70. The van der Waals surface area contributed by atoms with E-state index in [2.05, 4.69) is 50.4 Å². The summed E-state index contributed by atoms with van der Waals surface area (Å²) in [6, 6.07) is 0. The van der Waals surface area contributed by atoms with Crippen LogP contribution in [0.1, 0.15) is 20.8 Å². The van der Waals surface area contributed by atoms with Gasteiger partial charge in [-0.25, -0.2) is 0 Å². The second kappa shape index (κ2) is 6.35. The van der Waals surface area contributed by atoms with Crippen LogP contribution in [0, 0.1) is 0 Å². The third-order valence-electron chi connectivity index (χ3n) is 1.69. The van der Waals surface area contributed by atoms with E-state index < -0.39 is 0 Å². The lowest BCUT2D eigenvalue weighted by Crippen LogP contribution is -2.41. The Labute approximate surface area is 82.9 Å². The Hall–Kier alpha value is -0.120. The molecule has 0 spiro atoms. The van der Waals surface area contributed by atoms with E-state index >= 15 is 0 Å². The Balaban J connectivity index is 3.09. The van der Waals surface area contributed by atoms with Crippen molar-refractivity contribution >= 4 is 0 Å². The topological polar surface area (TPSA) is 27.3 Å². The Kier molecular flexibility index (Phi) is 6.29. The van der Waals surface area contributed by atoms with Gasteiger partial charge in [0.1, 0.15) is 0 Å². The predicted molar refractivity (Wildman–Crippen MR) is 59.2 cm³/mol. The lowest BCUT2D eigenvalue weighted by Gasteiger charge is -2.20. The summed E-state index contributed by atoms with van der Waals surface area (Å²) in [5, 5.41) is 6.82. The maximum Gasteiger partial charge on any atom is 0.0101 e. The summed E-state index contributed by atoms with van der Waals surface area (Å²) in [7, 11) is 4.18. The number of hydrogen-bond donors (Lipinski definition) is 2. The van der Waals surface area contributed by atoms with Gasteiger partial charge in [0, 0.05) is 31.7 Å². The van der Waals surface area contributed by atoms with Gasteiger partial charge in [0.05, 0.1) is 0 Å². The molecule has 0 aliphatic heterocycles. The summed E-state index contributed by atoms with van der Waals surface area (Å²) in [6.07, 6.45) is 0. The van der Waals surface area contributed by atoms with Crippen LogP contribution in [-0.2, 0) is 0 Å². The minimum Gasteiger partial charge on any atom is -0.314 e. The van der Waals surface area contributed by atoms with Gasteiger partial charge in [-0.15, -0.1) is 0 Å². The van der Waals surface area contributed by atoms with Crippen molar-refractivity contribution in [3.8, 4) is 0 Å². The normalized spacial score (nSPS) is 12.5. The summed E-state index contributed by atoms with van der Waals surface area (Å²) < 4.78 is 0. The molecule has 0 amide bonds. The molecule has 0 saturated carbocycles. The summed E-state index contributed by atoms with van der Waals surface area (Å²) in [5.74, 6) is 0. The first-order valence-corrected chi connectivity index (χ1v) is 5.02. The fourth-order valence-electron chi connectivity index (χ4n) is 0.954. The van der Waals surface area contributed by atoms with E-state index in [9.17, 15) is 0 Å². The van der Waals surface area contributed by atoms with Gasteiger partial charge >= 0.3 is 0 Å². The molecule has 0 aliphatic rings. The van der Waals surface area contributed by atoms with Crippen molar-refractivity contribution in [2.75, 3.05) is 40.3 Å². The van der Waals surface area contributed by atoms with E-state index in [0.29, 0.717) is 0 Å². The number of rotatable bonds is 6. The SMILES string of the molecule is CN(C)CCNCCNC(C)(C)C. The molecule has 3 heteroatoms. The zero-order valence-electron chi connectivity index (χ0n) is 9.78. The minimum absolute atomic E-state index is 0.239. The highest BCUT2D eigenvalue weighted by Gasteiger charge is 2.06. The molecule has 2 N–H and O–H groups in total. The molecule has 0 aromatic heterocycles. The third kappa shape index (κ3) is 11.9. The van der Waals surface area contributed by atoms with E-state index in [1.807, 2.05) is 0 Å². The van der Waals surface area contributed by atoms with Crippen molar-refractivity contribution < 1.29 is 0 Å². The molecule has 0 aliphatic carbocycles. The zero-order chi connectivity index (χ0) is 10.3. The summed E-state index contributed by atoms with van der Waals surface area (Å²) in [5.41, 5.74) is 0.239. The van der Waals surface area contributed by atoms with Crippen molar-refractivity contribution in [2.45, 2.75) is 26.3 Å². The van der Waals surface area contributed by atoms with Crippen molar-refractivity contribution in [1.82, 2.24) is 15.5 Å². The number of hydrogen-bond acceptors (Lipinski definition) is 3.